The lowest BCUT2D eigenvalue weighted by Gasteiger charge is -2.34. The largest absolute Gasteiger partial charge is 0.454 e. The molecule has 0 unspecified atom stereocenters. The maximum absolute atomic E-state index is 5.50. The van der Waals surface area contributed by atoms with Gasteiger partial charge in [0.15, 0.2) is 11.5 Å². The summed E-state index contributed by atoms with van der Waals surface area (Å²) in [5.74, 6) is 1.58. The molecule has 1 aromatic heterocycles. The SMILES string of the molecule is CN1Cc2ccccc2C[C@H]1CNCc1cn[nH]c1-c1ccc2c(c1)OCO2. The number of fused-ring (bicyclic) bond motifs is 2. The van der Waals surface area contributed by atoms with Gasteiger partial charge in [-0.2, -0.15) is 5.10 Å². The van der Waals surface area contributed by atoms with Gasteiger partial charge in [0.1, 0.15) is 0 Å². The average Bonchev–Trinajstić information content (AvgIpc) is 3.37. The second-order valence-electron chi connectivity index (χ2n) is 7.51. The molecule has 0 radical (unpaired) electrons. The van der Waals surface area contributed by atoms with E-state index in [1.165, 1.54) is 11.1 Å². The van der Waals surface area contributed by atoms with Crippen LogP contribution < -0.4 is 14.8 Å². The van der Waals surface area contributed by atoms with Crippen molar-refractivity contribution in [2.45, 2.75) is 25.6 Å². The van der Waals surface area contributed by atoms with Gasteiger partial charge in [0.25, 0.3) is 0 Å². The standard InChI is InChI=1S/C22H24N4O2/c1-26-13-17-5-3-2-4-15(17)8-19(26)12-23-10-18-11-24-25-22(18)16-6-7-20-21(9-16)28-14-27-20/h2-7,9,11,19,23H,8,10,12-14H2,1H3,(H,24,25)/t19-/m0/s1. The fraction of sp³-hybridized carbons (Fsp3) is 0.318. The topological polar surface area (TPSA) is 62.4 Å². The summed E-state index contributed by atoms with van der Waals surface area (Å²) >= 11 is 0. The maximum atomic E-state index is 5.50. The summed E-state index contributed by atoms with van der Waals surface area (Å²) in [5.41, 5.74) is 6.14. The molecular formula is C22H24N4O2. The normalized spacial score (nSPS) is 18.2. The fourth-order valence-corrected chi connectivity index (χ4v) is 4.07. The van der Waals surface area contributed by atoms with E-state index in [4.69, 9.17) is 9.47 Å². The van der Waals surface area contributed by atoms with Crippen LogP contribution in [0.25, 0.3) is 11.3 Å². The zero-order chi connectivity index (χ0) is 18.9. The molecule has 6 heteroatoms. The van der Waals surface area contributed by atoms with Crippen molar-refractivity contribution < 1.29 is 9.47 Å². The van der Waals surface area contributed by atoms with Crippen molar-refractivity contribution in [1.29, 1.82) is 0 Å². The number of hydrogen-bond acceptors (Lipinski definition) is 5. The van der Waals surface area contributed by atoms with Crippen LogP contribution in [0.15, 0.2) is 48.7 Å². The van der Waals surface area contributed by atoms with E-state index >= 15 is 0 Å². The summed E-state index contributed by atoms with van der Waals surface area (Å²) in [4.78, 5) is 2.43. The van der Waals surface area contributed by atoms with E-state index in [0.717, 1.165) is 54.4 Å². The molecule has 3 heterocycles. The van der Waals surface area contributed by atoms with Crippen molar-refractivity contribution in [1.82, 2.24) is 20.4 Å². The first-order valence-corrected chi connectivity index (χ1v) is 9.68. The molecule has 0 aliphatic carbocycles. The summed E-state index contributed by atoms with van der Waals surface area (Å²) < 4.78 is 10.9. The molecule has 3 aromatic rings. The molecule has 0 fully saturated rings. The number of nitrogens with one attached hydrogen (secondary N) is 2. The Morgan fingerprint density at radius 1 is 1.14 bits per heavy atom. The van der Waals surface area contributed by atoms with Crippen LogP contribution in [0.3, 0.4) is 0 Å². The van der Waals surface area contributed by atoms with Crippen molar-refractivity contribution in [3.05, 3.63) is 65.4 Å². The molecule has 0 saturated carbocycles. The Bertz CT molecular complexity index is 984. The number of benzene rings is 2. The highest BCUT2D eigenvalue weighted by molar-refractivity contribution is 5.66. The minimum atomic E-state index is 0.286. The monoisotopic (exact) mass is 376 g/mol. The zero-order valence-electron chi connectivity index (χ0n) is 15.9. The second-order valence-corrected chi connectivity index (χ2v) is 7.51. The first-order valence-electron chi connectivity index (χ1n) is 9.68. The first-order chi connectivity index (χ1) is 13.8. The molecule has 2 aromatic carbocycles. The van der Waals surface area contributed by atoms with Gasteiger partial charge >= 0.3 is 0 Å². The van der Waals surface area contributed by atoms with E-state index in [9.17, 15) is 0 Å². The molecule has 2 N–H and O–H groups in total. The number of ether oxygens (including phenoxy) is 2. The molecule has 2 aliphatic heterocycles. The molecule has 5 rings (SSSR count). The van der Waals surface area contributed by atoms with E-state index in [1.54, 1.807) is 0 Å². The Balaban J connectivity index is 1.24. The van der Waals surface area contributed by atoms with Gasteiger partial charge in [0, 0.05) is 36.8 Å². The van der Waals surface area contributed by atoms with Crippen molar-refractivity contribution in [3.8, 4) is 22.8 Å². The predicted molar refractivity (Wildman–Crippen MR) is 107 cm³/mol. The van der Waals surface area contributed by atoms with E-state index in [0.29, 0.717) is 6.04 Å². The van der Waals surface area contributed by atoms with Gasteiger partial charge in [-0.1, -0.05) is 24.3 Å². The van der Waals surface area contributed by atoms with Crippen LogP contribution in [0.1, 0.15) is 16.7 Å². The highest BCUT2D eigenvalue weighted by atomic mass is 16.7. The van der Waals surface area contributed by atoms with Crippen LogP contribution in [-0.4, -0.2) is 41.5 Å². The third-order valence-corrected chi connectivity index (χ3v) is 5.69. The molecule has 0 saturated heterocycles. The van der Waals surface area contributed by atoms with Crippen LogP contribution in [-0.2, 0) is 19.5 Å². The Labute approximate surface area is 164 Å². The zero-order valence-corrected chi connectivity index (χ0v) is 15.9. The number of likely N-dealkylation sites (N-methyl/N-ethyl adjacent to an activating group) is 1. The smallest absolute Gasteiger partial charge is 0.231 e. The number of H-pyrrole nitrogens is 1. The molecular weight excluding hydrogens is 352 g/mol. The summed E-state index contributed by atoms with van der Waals surface area (Å²) in [6.07, 6.45) is 2.98. The van der Waals surface area contributed by atoms with E-state index in [-0.39, 0.29) is 6.79 Å². The minimum Gasteiger partial charge on any atom is -0.454 e. The predicted octanol–water partition coefficient (Wildman–Crippen LogP) is 2.95. The highest BCUT2D eigenvalue weighted by Gasteiger charge is 2.23. The van der Waals surface area contributed by atoms with Gasteiger partial charge in [-0.3, -0.25) is 10.00 Å². The van der Waals surface area contributed by atoms with Crippen LogP contribution >= 0.6 is 0 Å². The van der Waals surface area contributed by atoms with Crippen LogP contribution in [0.4, 0.5) is 0 Å². The Morgan fingerprint density at radius 2 is 2.00 bits per heavy atom. The lowest BCUT2D eigenvalue weighted by molar-refractivity contribution is 0.174. The fourth-order valence-electron chi connectivity index (χ4n) is 4.07. The van der Waals surface area contributed by atoms with Gasteiger partial charge in [0.05, 0.1) is 11.9 Å². The third-order valence-electron chi connectivity index (χ3n) is 5.69. The highest BCUT2D eigenvalue weighted by Crippen LogP contribution is 2.36. The van der Waals surface area contributed by atoms with Crippen molar-refractivity contribution in [2.75, 3.05) is 20.4 Å². The van der Waals surface area contributed by atoms with E-state index in [2.05, 4.69) is 51.7 Å². The molecule has 2 aliphatic rings. The molecule has 1 atom stereocenters. The number of aromatic nitrogens is 2. The van der Waals surface area contributed by atoms with Gasteiger partial charge in [-0.25, -0.2) is 0 Å². The Morgan fingerprint density at radius 3 is 2.93 bits per heavy atom. The summed E-state index contributed by atoms with van der Waals surface area (Å²) in [6.45, 7) is 3.01. The quantitative estimate of drug-likeness (QED) is 0.717. The van der Waals surface area contributed by atoms with Crippen LogP contribution in [0.2, 0.25) is 0 Å². The summed E-state index contributed by atoms with van der Waals surface area (Å²) in [6, 6.07) is 15.2. The molecule has 0 spiro atoms. The lowest BCUT2D eigenvalue weighted by Crippen LogP contribution is -2.44. The van der Waals surface area contributed by atoms with Crippen molar-refractivity contribution >= 4 is 0 Å². The molecule has 6 nitrogen and oxygen atoms in total. The third kappa shape index (κ3) is 3.25. The Hall–Kier alpha value is -2.83. The van der Waals surface area contributed by atoms with Crippen LogP contribution in [0, 0.1) is 0 Å². The summed E-state index contributed by atoms with van der Waals surface area (Å²) in [7, 11) is 2.21. The first kappa shape index (κ1) is 17.3. The van der Waals surface area contributed by atoms with Gasteiger partial charge < -0.3 is 14.8 Å². The van der Waals surface area contributed by atoms with E-state index < -0.39 is 0 Å². The van der Waals surface area contributed by atoms with Gasteiger partial charge in [0.2, 0.25) is 6.79 Å². The number of rotatable bonds is 5. The molecule has 28 heavy (non-hydrogen) atoms. The molecule has 144 valence electrons. The second kappa shape index (κ2) is 7.30. The number of aromatic amines is 1. The number of nitrogens with zero attached hydrogens (tertiary/aromatic N) is 2. The molecule has 0 bridgehead atoms. The van der Waals surface area contributed by atoms with Crippen molar-refractivity contribution in [3.63, 3.8) is 0 Å². The average molecular weight is 376 g/mol. The van der Waals surface area contributed by atoms with E-state index in [1.807, 2.05) is 24.4 Å². The van der Waals surface area contributed by atoms with Gasteiger partial charge in [-0.05, 0) is 42.8 Å². The van der Waals surface area contributed by atoms with Crippen LogP contribution in [0.5, 0.6) is 11.5 Å². The van der Waals surface area contributed by atoms with Crippen molar-refractivity contribution in [2.24, 2.45) is 0 Å². The van der Waals surface area contributed by atoms with Gasteiger partial charge in [-0.15, -0.1) is 0 Å². The number of hydrogen-bond donors (Lipinski definition) is 2. The summed E-state index contributed by atoms with van der Waals surface area (Å²) in [5, 5.41) is 11.0. The minimum absolute atomic E-state index is 0.286. The molecule has 0 amide bonds. The Kier molecular flexibility index (Phi) is 4.50. The lowest BCUT2D eigenvalue weighted by atomic mass is 9.94. The maximum Gasteiger partial charge on any atom is 0.231 e.